The van der Waals surface area contributed by atoms with E-state index in [9.17, 15) is 0 Å². The molecule has 4 nitrogen and oxygen atoms in total. The predicted molar refractivity (Wildman–Crippen MR) is 403 cm³/mol. The SMILES string of the molecule is Brc1ccc(I)cc1.CC1(C)c2ccccc2-c2cc(-n3c4ccccc4c4cc(-c5cccc(-c6ccc(Br)cc6)c5)ccc43)ccc21.CC1(C)c2ccccc2-c2cc(-n3c4ccccc4c4cc(-c5cccc(B6OC(C)(C)C(C)(C)O6)c5)ccc43)ccc21. The van der Waals surface area contributed by atoms with Crippen LogP contribution in [-0.4, -0.2) is 27.5 Å². The molecule has 0 radical (unpaired) electrons. The summed E-state index contributed by atoms with van der Waals surface area (Å²) >= 11 is 9.17. The Labute approximate surface area is 570 Å². The van der Waals surface area contributed by atoms with Gasteiger partial charge in [0, 0.05) is 56.3 Å². The van der Waals surface area contributed by atoms with E-state index in [1.165, 1.54) is 131 Å². The number of fused-ring (bicyclic) bond motifs is 12. The second-order valence-electron chi connectivity index (χ2n) is 26.7. The van der Waals surface area contributed by atoms with Crippen LogP contribution in [0.5, 0.6) is 0 Å². The summed E-state index contributed by atoms with van der Waals surface area (Å²) in [5.74, 6) is 0. The van der Waals surface area contributed by atoms with E-state index in [1.54, 1.807) is 0 Å². The summed E-state index contributed by atoms with van der Waals surface area (Å²) in [5.41, 5.74) is 25.8. The molecule has 92 heavy (non-hydrogen) atoms. The van der Waals surface area contributed by atoms with Gasteiger partial charge in [-0.2, -0.15) is 0 Å². The van der Waals surface area contributed by atoms with Crippen molar-refractivity contribution in [2.75, 3.05) is 0 Å². The molecular weight excluding hydrogens is 1370 g/mol. The first-order chi connectivity index (χ1) is 44.3. The molecule has 0 spiro atoms. The summed E-state index contributed by atoms with van der Waals surface area (Å²) in [7, 11) is -0.384. The van der Waals surface area contributed by atoms with Gasteiger partial charge in [0.2, 0.25) is 0 Å². The highest BCUT2D eigenvalue weighted by atomic mass is 127. The molecule has 1 saturated heterocycles. The molecule has 14 aromatic rings. The molecule has 450 valence electrons. The lowest BCUT2D eigenvalue weighted by atomic mass is 9.78. The zero-order valence-electron chi connectivity index (χ0n) is 52.8. The van der Waals surface area contributed by atoms with Gasteiger partial charge in [0.25, 0.3) is 0 Å². The van der Waals surface area contributed by atoms with Crippen LogP contribution in [-0.2, 0) is 20.1 Å². The maximum atomic E-state index is 6.36. The Morgan fingerprint density at radius 1 is 0.315 bits per heavy atom. The summed E-state index contributed by atoms with van der Waals surface area (Å²) < 4.78 is 21.1. The lowest BCUT2D eigenvalue weighted by Gasteiger charge is -2.32. The summed E-state index contributed by atoms with van der Waals surface area (Å²) in [6.07, 6.45) is 0. The maximum absolute atomic E-state index is 6.36. The van der Waals surface area contributed by atoms with Gasteiger partial charge in [-0.05, 0) is 237 Å². The Hall–Kier alpha value is -8.09. The number of hydrogen-bond acceptors (Lipinski definition) is 2. The fraction of sp³-hybridized carbons (Fsp3) is 0.143. The number of para-hydroxylation sites is 2. The Morgan fingerprint density at radius 3 is 1.18 bits per heavy atom. The van der Waals surface area contributed by atoms with E-state index in [-0.39, 0.29) is 29.2 Å². The molecule has 2 aromatic heterocycles. The van der Waals surface area contributed by atoms with E-state index in [0.717, 1.165) is 20.0 Å². The number of halogens is 3. The highest BCUT2D eigenvalue weighted by Crippen LogP contribution is 2.51. The van der Waals surface area contributed by atoms with Crippen molar-refractivity contribution in [2.24, 2.45) is 0 Å². The van der Waals surface area contributed by atoms with Crippen molar-refractivity contribution in [3.63, 3.8) is 0 Å². The first-order valence-corrected chi connectivity index (χ1v) is 34.3. The molecule has 0 N–H and O–H groups in total. The summed E-state index contributed by atoms with van der Waals surface area (Å²) in [5, 5.41) is 5.04. The van der Waals surface area contributed by atoms with Gasteiger partial charge in [-0.3, -0.25) is 0 Å². The van der Waals surface area contributed by atoms with E-state index in [0.29, 0.717) is 0 Å². The molecule has 1 fully saturated rings. The molecule has 0 saturated carbocycles. The number of hydrogen-bond donors (Lipinski definition) is 0. The molecule has 8 heteroatoms. The number of benzene rings is 12. The highest BCUT2D eigenvalue weighted by molar-refractivity contribution is 14.1. The molecule has 2 aliphatic carbocycles. The Balaban J connectivity index is 0.000000136. The highest BCUT2D eigenvalue weighted by Gasteiger charge is 2.52. The molecule has 0 unspecified atom stereocenters. The first kappa shape index (κ1) is 60.2. The van der Waals surface area contributed by atoms with Crippen molar-refractivity contribution in [1.29, 1.82) is 0 Å². The normalized spacial score (nSPS) is 15.1. The van der Waals surface area contributed by atoms with Crippen LogP contribution in [0.1, 0.15) is 77.6 Å². The average molecular weight is 1440 g/mol. The Bertz CT molecular complexity index is 5190. The Morgan fingerprint density at radius 2 is 0.696 bits per heavy atom. The van der Waals surface area contributed by atoms with Crippen LogP contribution < -0.4 is 5.46 Å². The van der Waals surface area contributed by atoms with E-state index in [4.69, 9.17) is 9.31 Å². The standard InChI is InChI=1S/C39H36BNO2.C39H28BrN.C6H4BrI/c1-37(2)33-16-9-7-14-29(33)31-24-28(19-20-34(31)37)41-35-17-10-8-15-30(35)32-23-26(18-21-36(32)41)25-12-11-13-27(22-25)40-42-38(3,4)39(5,6)43-40;1-39(2)35-12-5-3-10-31(35)33-24-30(19-20-36(33)39)41-37-13-6-4-11-32(37)34-23-28(16-21-38(34)41)27-9-7-8-26(22-27)25-14-17-29(40)18-15-25;7-5-1-3-6(8)4-2-5/h7-24H,1-6H3;3-24H,1-2H3;1-4H. The third kappa shape index (κ3) is 10.4. The minimum atomic E-state index is -0.384. The summed E-state index contributed by atoms with van der Waals surface area (Å²) in [6, 6.07) is 97.2. The minimum absolute atomic E-state index is 0.00493. The van der Waals surface area contributed by atoms with Crippen LogP contribution in [0.25, 0.3) is 111 Å². The largest absolute Gasteiger partial charge is 0.494 e. The number of rotatable bonds is 6. The zero-order valence-corrected chi connectivity index (χ0v) is 58.2. The van der Waals surface area contributed by atoms with Crippen LogP contribution in [0.15, 0.2) is 276 Å². The molecule has 0 atom stereocenters. The molecule has 3 aliphatic rings. The van der Waals surface area contributed by atoms with E-state index in [2.05, 4.69) is 374 Å². The van der Waals surface area contributed by atoms with Gasteiger partial charge in [0.05, 0.1) is 33.3 Å². The molecule has 0 bridgehead atoms. The van der Waals surface area contributed by atoms with Crippen molar-refractivity contribution in [3.8, 4) is 67.0 Å². The van der Waals surface area contributed by atoms with Gasteiger partial charge in [-0.15, -0.1) is 0 Å². The fourth-order valence-corrected chi connectivity index (χ4v) is 15.2. The molecule has 1 aliphatic heterocycles. The van der Waals surface area contributed by atoms with Crippen LogP contribution in [0.4, 0.5) is 0 Å². The smallest absolute Gasteiger partial charge is 0.399 e. The topological polar surface area (TPSA) is 28.3 Å². The molecule has 12 aromatic carbocycles. The van der Waals surface area contributed by atoms with Crippen LogP contribution in [0, 0.1) is 3.57 Å². The van der Waals surface area contributed by atoms with Gasteiger partial charge >= 0.3 is 7.12 Å². The van der Waals surface area contributed by atoms with Crippen molar-refractivity contribution in [2.45, 2.75) is 77.4 Å². The Kier molecular flexibility index (Phi) is 15.2. The second-order valence-corrected chi connectivity index (χ2v) is 29.8. The average Bonchev–Trinajstić information content (AvgIpc) is 1.58. The quantitative estimate of drug-likeness (QED) is 0.123. The van der Waals surface area contributed by atoms with Gasteiger partial charge in [-0.1, -0.05) is 223 Å². The van der Waals surface area contributed by atoms with Crippen LogP contribution in [0.3, 0.4) is 0 Å². The lowest BCUT2D eigenvalue weighted by Crippen LogP contribution is -2.41. The van der Waals surface area contributed by atoms with E-state index >= 15 is 0 Å². The van der Waals surface area contributed by atoms with Crippen molar-refractivity contribution in [1.82, 2.24) is 9.13 Å². The van der Waals surface area contributed by atoms with E-state index in [1.807, 2.05) is 12.1 Å². The third-order valence-corrected chi connectivity index (χ3v) is 21.7. The third-order valence-electron chi connectivity index (χ3n) is 19.9. The van der Waals surface area contributed by atoms with E-state index < -0.39 is 0 Å². The first-order valence-electron chi connectivity index (χ1n) is 31.6. The maximum Gasteiger partial charge on any atom is 0.494 e. The number of nitrogens with zero attached hydrogens (tertiary/aromatic N) is 2. The van der Waals surface area contributed by atoms with Gasteiger partial charge < -0.3 is 18.4 Å². The fourth-order valence-electron chi connectivity index (χ4n) is 14.3. The van der Waals surface area contributed by atoms with Crippen molar-refractivity contribution < 1.29 is 9.31 Å². The van der Waals surface area contributed by atoms with Gasteiger partial charge in [0.15, 0.2) is 0 Å². The lowest BCUT2D eigenvalue weighted by molar-refractivity contribution is 0.00578. The predicted octanol–water partition coefficient (Wildman–Crippen LogP) is 23.3. The van der Waals surface area contributed by atoms with Gasteiger partial charge in [-0.25, -0.2) is 0 Å². The number of aromatic nitrogens is 2. The minimum Gasteiger partial charge on any atom is -0.399 e. The zero-order chi connectivity index (χ0) is 63.4. The molecule has 3 heterocycles. The monoisotopic (exact) mass is 1430 g/mol. The molecule has 17 rings (SSSR count). The van der Waals surface area contributed by atoms with Crippen LogP contribution >= 0.6 is 54.5 Å². The van der Waals surface area contributed by atoms with Crippen molar-refractivity contribution >= 4 is 111 Å². The summed E-state index contributed by atoms with van der Waals surface area (Å²) in [6.45, 7) is 17.7. The van der Waals surface area contributed by atoms with Gasteiger partial charge in [0.1, 0.15) is 0 Å². The molecular formula is C84H68BBr2IN2O2. The second kappa shape index (κ2) is 23.2. The molecule has 0 amide bonds. The van der Waals surface area contributed by atoms with Crippen LogP contribution in [0.2, 0.25) is 0 Å². The summed E-state index contributed by atoms with van der Waals surface area (Å²) in [4.78, 5) is 0. The van der Waals surface area contributed by atoms with Crippen molar-refractivity contribution in [3.05, 3.63) is 302 Å².